The highest BCUT2D eigenvalue weighted by molar-refractivity contribution is 6.15. The number of rotatable bonds is 12. The standard InChI is InChI=1S/C74H58N2/c1-51-17-25-55(26-18-51)29-31-57-33-41-61(42-34-57)75(59-37-21-53(3)22-38-59)73-49-47-69(65-13-7-9-15-71(65)73)67-45-46-68(64-12-6-5-11-63(64)67)70-48-50-74(72-16-10-8-14-66(70)72)76(60-39-23-54(4)24-40-60)62-43-35-58(36-44-62)32-30-56-27-19-52(2)20-28-56/h5-50H,1-4H3/b31-29+,32-30+. The van der Waals surface area contributed by atoms with Crippen LogP contribution >= 0.6 is 0 Å². The molecule has 0 atom stereocenters. The van der Waals surface area contributed by atoms with Crippen LogP contribution in [0.25, 0.3) is 78.9 Å². The van der Waals surface area contributed by atoms with Gasteiger partial charge in [0.1, 0.15) is 0 Å². The molecule has 0 amide bonds. The van der Waals surface area contributed by atoms with Crippen LogP contribution in [0.4, 0.5) is 34.1 Å². The van der Waals surface area contributed by atoms with Gasteiger partial charge in [0.2, 0.25) is 0 Å². The molecule has 0 saturated carbocycles. The Bertz CT molecular complexity index is 3820. The van der Waals surface area contributed by atoms with Gasteiger partial charge in [-0.1, -0.05) is 241 Å². The van der Waals surface area contributed by atoms with Gasteiger partial charge >= 0.3 is 0 Å². The summed E-state index contributed by atoms with van der Waals surface area (Å²) in [5, 5.41) is 7.21. The first-order chi connectivity index (χ1) is 37.3. The molecule has 0 aliphatic heterocycles. The van der Waals surface area contributed by atoms with Crippen LogP contribution in [0.2, 0.25) is 0 Å². The molecule has 0 aromatic heterocycles. The Morgan fingerprint density at radius 2 is 0.421 bits per heavy atom. The lowest BCUT2D eigenvalue weighted by Crippen LogP contribution is -2.10. The largest absolute Gasteiger partial charge is 0.310 e. The first-order valence-corrected chi connectivity index (χ1v) is 26.3. The molecule has 2 heteroatoms. The summed E-state index contributed by atoms with van der Waals surface area (Å²) in [5.74, 6) is 0. The molecule has 12 aromatic rings. The van der Waals surface area contributed by atoms with Crippen LogP contribution in [-0.2, 0) is 0 Å². The van der Waals surface area contributed by atoms with Crippen LogP contribution in [0.3, 0.4) is 0 Å². The minimum Gasteiger partial charge on any atom is -0.310 e. The van der Waals surface area contributed by atoms with Crippen molar-refractivity contribution < 1.29 is 0 Å². The van der Waals surface area contributed by atoms with Gasteiger partial charge in [-0.25, -0.2) is 0 Å². The van der Waals surface area contributed by atoms with Crippen LogP contribution < -0.4 is 9.80 Å². The summed E-state index contributed by atoms with van der Waals surface area (Å²) in [6.45, 7) is 8.54. The van der Waals surface area contributed by atoms with E-state index < -0.39 is 0 Å². The number of fused-ring (bicyclic) bond motifs is 3. The average Bonchev–Trinajstić information content (AvgIpc) is 3.54. The smallest absolute Gasteiger partial charge is 0.0540 e. The van der Waals surface area contributed by atoms with Crippen LogP contribution in [0.1, 0.15) is 44.5 Å². The maximum absolute atomic E-state index is 2.40. The number of benzene rings is 12. The van der Waals surface area contributed by atoms with Crippen molar-refractivity contribution in [2.75, 3.05) is 9.80 Å². The number of hydrogen-bond donors (Lipinski definition) is 0. The molecule has 0 spiro atoms. The van der Waals surface area contributed by atoms with Crippen molar-refractivity contribution in [3.8, 4) is 22.3 Å². The minimum atomic E-state index is 1.10. The Kier molecular flexibility index (Phi) is 13.0. The van der Waals surface area contributed by atoms with Crippen LogP contribution in [0.5, 0.6) is 0 Å². The van der Waals surface area contributed by atoms with Gasteiger partial charge in [-0.3, -0.25) is 0 Å². The van der Waals surface area contributed by atoms with Gasteiger partial charge < -0.3 is 9.80 Å². The van der Waals surface area contributed by atoms with Crippen molar-refractivity contribution in [1.29, 1.82) is 0 Å². The summed E-state index contributed by atoms with van der Waals surface area (Å²) in [6.07, 6.45) is 8.74. The number of hydrogen-bond acceptors (Lipinski definition) is 2. The number of anilines is 6. The molecule has 0 saturated heterocycles. The van der Waals surface area contributed by atoms with E-state index in [1.165, 1.54) is 88.0 Å². The van der Waals surface area contributed by atoms with Crippen molar-refractivity contribution in [3.63, 3.8) is 0 Å². The quantitative estimate of drug-likeness (QED) is 0.113. The normalized spacial score (nSPS) is 11.6. The predicted molar refractivity (Wildman–Crippen MR) is 329 cm³/mol. The van der Waals surface area contributed by atoms with Gasteiger partial charge in [-0.15, -0.1) is 0 Å². The summed E-state index contributed by atoms with van der Waals surface area (Å²) in [4.78, 5) is 4.80. The average molecular weight is 975 g/mol. The molecule has 0 N–H and O–H groups in total. The summed E-state index contributed by atoms with van der Waals surface area (Å²) in [5.41, 5.74) is 21.2. The number of nitrogens with zero attached hydrogens (tertiary/aromatic N) is 2. The van der Waals surface area contributed by atoms with E-state index in [-0.39, 0.29) is 0 Å². The minimum absolute atomic E-state index is 1.10. The highest BCUT2D eigenvalue weighted by Crippen LogP contribution is 2.47. The molecule has 12 aromatic carbocycles. The highest BCUT2D eigenvalue weighted by atomic mass is 15.1. The molecule has 364 valence electrons. The van der Waals surface area contributed by atoms with E-state index in [4.69, 9.17) is 0 Å². The second-order valence-corrected chi connectivity index (χ2v) is 20.1. The lowest BCUT2D eigenvalue weighted by Gasteiger charge is -2.28. The third-order valence-electron chi connectivity index (χ3n) is 14.8. The molecular weight excluding hydrogens is 917 g/mol. The zero-order valence-electron chi connectivity index (χ0n) is 43.5. The lowest BCUT2D eigenvalue weighted by atomic mass is 9.88. The Hall–Kier alpha value is -9.50. The Morgan fingerprint density at radius 3 is 0.711 bits per heavy atom. The molecular formula is C74H58N2. The van der Waals surface area contributed by atoms with Gasteiger partial charge in [0, 0.05) is 33.5 Å². The molecule has 0 aliphatic carbocycles. The molecule has 0 radical (unpaired) electrons. The molecule has 0 unspecified atom stereocenters. The second kappa shape index (κ2) is 20.8. The maximum atomic E-state index is 2.40. The first-order valence-electron chi connectivity index (χ1n) is 26.3. The molecule has 0 aliphatic rings. The predicted octanol–water partition coefficient (Wildman–Crippen LogP) is 21.0. The van der Waals surface area contributed by atoms with Crippen LogP contribution in [-0.4, -0.2) is 0 Å². The van der Waals surface area contributed by atoms with E-state index in [1.54, 1.807) is 0 Å². The Morgan fingerprint density at radius 1 is 0.211 bits per heavy atom. The summed E-state index contributed by atoms with van der Waals surface area (Å²) in [7, 11) is 0. The fourth-order valence-electron chi connectivity index (χ4n) is 10.6. The fourth-order valence-corrected chi connectivity index (χ4v) is 10.6. The third-order valence-corrected chi connectivity index (χ3v) is 14.8. The van der Waals surface area contributed by atoms with Gasteiger partial charge in [0.25, 0.3) is 0 Å². The SMILES string of the molecule is Cc1ccc(/C=C/c2ccc(N(c3ccc(C)cc3)c3ccc(-c4ccc(-c5ccc(N(c6ccc(C)cc6)c6ccc(/C=C/c7ccc(C)cc7)cc6)c6ccccc56)c5ccccc45)c4ccccc34)cc2)cc1. The van der Waals surface area contributed by atoms with E-state index in [0.717, 1.165) is 45.3 Å². The van der Waals surface area contributed by atoms with Gasteiger partial charge in [0.15, 0.2) is 0 Å². The van der Waals surface area contributed by atoms with Gasteiger partial charge in [-0.2, -0.15) is 0 Å². The van der Waals surface area contributed by atoms with Crippen molar-refractivity contribution in [3.05, 3.63) is 299 Å². The van der Waals surface area contributed by atoms with Crippen LogP contribution in [0.15, 0.2) is 255 Å². The van der Waals surface area contributed by atoms with Gasteiger partial charge in [0.05, 0.1) is 11.4 Å². The van der Waals surface area contributed by atoms with E-state index in [9.17, 15) is 0 Å². The lowest BCUT2D eigenvalue weighted by molar-refractivity contribution is 1.29. The molecule has 0 bridgehead atoms. The fraction of sp³-hybridized carbons (Fsp3) is 0.0541. The Labute approximate surface area is 447 Å². The van der Waals surface area contributed by atoms with Crippen molar-refractivity contribution in [1.82, 2.24) is 0 Å². The monoisotopic (exact) mass is 974 g/mol. The number of aryl methyl sites for hydroxylation is 4. The molecule has 2 nitrogen and oxygen atoms in total. The van der Waals surface area contributed by atoms with Crippen molar-refractivity contribution >= 4 is 90.7 Å². The van der Waals surface area contributed by atoms with Crippen molar-refractivity contribution in [2.24, 2.45) is 0 Å². The van der Waals surface area contributed by atoms with Crippen molar-refractivity contribution in [2.45, 2.75) is 27.7 Å². The topological polar surface area (TPSA) is 6.48 Å². The molecule has 76 heavy (non-hydrogen) atoms. The van der Waals surface area contributed by atoms with Crippen LogP contribution in [0, 0.1) is 27.7 Å². The molecule has 0 fully saturated rings. The second-order valence-electron chi connectivity index (χ2n) is 20.1. The van der Waals surface area contributed by atoms with E-state index >= 15 is 0 Å². The van der Waals surface area contributed by atoms with E-state index in [2.05, 4.69) is 317 Å². The maximum Gasteiger partial charge on any atom is 0.0540 e. The first kappa shape index (κ1) is 47.5. The summed E-state index contributed by atoms with van der Waals surface area (Å²) >= 11 is 0. The van der Waals surface area contributed by atoms with Gasteiger partial charge in [-0.05, 0) is 154 Å². The molecule has 12 rings (SSSR count). The Balaban J connectivity index is 0.928. The summed E-state index contributed by atoms with van der Waals surface area (Å²) < 4.78 is 0. The third kappa shape index (κ3) is 9.61. The summed E-state index contributed by atoms with van der Waals surface area (Å²) in [6, 6.07) is 93.5. The van der Waals surface area contributed by atoms with E-state index in [1.807, 2.05) is 0 Å². The molecule has 0 heterocycles. The zero-order chi connectivity index (χ0) is 51.5. The highest BCUT2D eigenvalue weighted by Gasteiger charge is 2.21. The van der Waals surface area contributed by atoms with E-state index in [0.29, 0.717) is 0 Å². The zero-order valence-corrected chi connectivity index (χ0v) is 43.5.